The summed E-state index contributed by atoms with van der Waals surface area (Å²) in [6.07, 6.45) is -1.23. The van der Waals surface area contributed by atoms with E-state index in [0.29, 0.717) is 10.6 Å². The molecule has 2 rings (SSSR count). The predicted molar refractivity (Wildman–Crippen MR) is 74.2 cm³/mol. The molecule has 100 valence electrons. The molecule has 1 nitrogen and oxygen atoms in total. The van der Waals surface area contributed by atoms with Crippen LogP contribution in [0.15, 0.2) is 40.9 Å². The van der Waals surface area contributed by atoms with Gasteiger partial charge in [-0.25, -0.2) is 8.78 Å². The smallest absolute Gasteiger partial charge is 0.133 e. The lowest BCUT2D eigenvalue weighted by Crippen LogP contribution is -2.07. The summed E-state index contributed by atoms with van der Waals surface area (Å²) in [4.78, 5) is 0. The lowest BCUT2D eigenvalue weighted by Gasteiger charge is -2.14. The first-order valence-electron chi connectivity index (χ1n) is 5.55. The van der Waals surface area contributed by atoms with E-state index in [1.165, 1.54) is 0 Å². The van der Waals surface area contributed by atoms with Crippen LogP contribution in [0.4, 0.5) is 8.78 Å². The third kappa shape index (κ3) is 3.32. The second kappa shape index (κ2) is 5.99. The lowest BCUT2D eigenvalue weighted by molar-refractivity contribution is 0.168. The third-order valence-electron chi connectivity index (χ3n) is 2.75. The Hall–Kier alpha value is -0.970. The van der Waals surface area contributed by atoms with Gasteiger partial charge in [-0.05, 0) is 23.8 Å². The van der Waals surface area contributed by atoms with E-state index < -0.39 is 17.7 Å². The van der Waals surface area contributed by atoms with E-state index in [-0.39, 0.29) is 16.5 Å². The fraction of sp³-hybridized carbons (Fsp3) is 0.143. The number of rotatable bonds is 3. The molecule has 1 N–H and O–H groups in total. The Labute approximate surface area is 123 Å². The molecule has 5 heteroatoms. The first-order chi connectivity index (χ1) is 8.99. The SMILES string of the molecule is OC(Cc1ccccc1Cl)c1c(F)cc(Br)cc1F. The molecule has 2 aromatic carbocycles. The Balaban J connectivity index is 2.31. The first-order valence-corrected chi connectivity index (χ1v) is 6.72. The van der Waals surface area contributed by atoms with Crippen molar-refractivity contribution in [2.45, 2.75) is 12.5 Å². The Bertz CT molecular complexity index is 581. The standard InChI is InChI=1S/C14H10BrClF2O/c15-9-6-11(17)14(12(18)7-9)13(19)5-8-3-1-2-4-10(8)16/h1-4,6-7,13,19H,5H2. The van der Waals surface area contributed by atoms with Crippen molar-refractivity contribution >= 4 is 27.5 Å². The molecule has 0 spiro atoms. The van der Waals surface area contributed by atoms with E-state index in [1.807, 2.05) is 0 Å². The minimum absolute atomic E-state index is 0.0507. The van der Waals surface area contributed by atoms with Crippen LogP contribution in [0.3, 0.4) is 0 Å². The van der Waals surface area contributed by atoms with Gasteiger partial charge in [0.15, 0.2) is 0 Å². The van der Waals surface area contributed by atoms with Gasteiger partial charge in [0, 0.05) is 15.9 Å². The number of hydrogen-bond acceptors (Lipinski definition) is 1. The maximum Gasteiger partial charge on any atom is 0.133 e. The average molecular weight is 348 g/mol. The predicted octanol–water partition coefficient (Wildman–Crippen LogP) is 4.66. The van der Waals surface area contributed by atoms with Gasteiger partial charge < -0.3 is 5.11 Å². The largest absolute Gasteiger partial charge is 0.388 e. The van der Waals surface area contributed by atoms with Crippen LogP contribution >= 0.6 is 27.5 Å². The number of halogens is 4. The zero-order valence-corrected chi connectivity index (χ0v) is 12.0. The number of aliphatic hydroxyl groups excluding tert-OH is 1. The van der Waals surface area contributed by atoms with Crippen molar-refractivity contribution in [3.8, 4) is 0 Å². The molecule has 1 unspecified atom stereocenters. The molecule has 0 aromatic heterocycles. The van der Waals surface area contributed by atoms with Crippen molar-refractivity contribution in [3.63, 3.8) is 0 Å². The molecule has 0 radical (unpaired) electrons. The minimum Gasteiger partial charge on any atom is -0.388 e. The first kappa shape index (κ1) is 14.4. The molecule has 0 aliphatic heterocycles. The summed E-state index contributed by atoms with van der Waals surface area (Å²) < 4.78 is 27.7. The highest BCUT2D eigenvalue weighted by Gasteiger charge is 2.20. The van der Waals surface area contributed by atoms with Gasteiger partial charge in [-0.3, -0.25) is 0 Å². The molecule has 0 aliphatic rings. The molecule has 0 saturated heterocycles. The fourth-order valence-electron chi connectivity index (χ4n) is 1.85. The molecule has 0 amide bonds. The second-order valence-electron chi connectivity index (χ2n) is 4.09. The average Bonchev–Trinajstić information content (AvgIpc) is 2.30. The van der Waals surface area contributed by atoms with Gasteiger partial charge in [-0.15, -0.1) is 0 Å². The Morgan fingerprint density at radius 1 is 1.16 bits per heavy atom. The van der Waals surface area contributed by atoms with Gasteiger partial charge in [0.05, 0.1) is 11.7 Å². The van der Waals surface area contributed by atoms with Crippen molar-refractivity contribution in [2.24, 2.45) is 0 Å². The number of hydrogen-bond donors (Lipinski definition) is 1. The van der Waals surface area contributed by atoms with Crippen LogP contribution in [0.5, 0.6) is 0 Å². The van der Waals surface area contributed by atoms with Gasteiger partial charge >= 0.3 is 0 Å². The molecule has 0 saturated carbocycles. The maximum absolute atomic E-state index is 13.7. The summed E-state index contributed by atoms with van der Waals surface area (Å²) in [7, 11) is 0. The van der Waals surface area contributed by atoms with Gasteiger partial charge in [0.2, 0.25) is 0 Å². The quantitative estimate of drug-likeness (QED) is 0.856. The van der Waals surface area contributed by atoms with Crippen LogP contribution in [0.2, 0.25) is 5.02 Å². The van der Waals surface area contributed by atoms with Crippen molar-refractivity contribution < 1.29 is 13.9 Å². The van der Waals surface area contributed by atoms with Crippen molar-refractivity contribution in [1.29, 1.82) is 0 Å². The van der Waals surface area contributed by atoms with Gasteiger partial charge in [-0.1, -0.05) is 45.7 Å². The Kier molecular flexibility index (Phi) is 4.55. The van der Waals surface area contributed by atoms with Crippen LogP contribution in [0, 0.1) is 11.6 Å². The molecule has 0 bridgehead atoms. The summed E-state index contributed by atoms with van der Waals surface area (Å²) in [6, 6.07) is 9.11. The molecule has 0 heterocycles. The van der Waals surface area contributed by atoms with E-state index in [9.17, 15) is 13.9 Å². The summed E-state index contributed by atoms with van der Waals surface area (Å²) in [6.45, 7) is 0. The molecule has 0 fully saturated rings. The Morgan fingerprint density at radius 3 is 2.32 bits per heavy atom. The normalized spacial score (nSPS) is 12.5. The van der Waals surface area contributed by atoms with Crippen LogP contribution in [0.25, 0.3) is 0 Å². The van der Waals surface area contributed by atoms with Crippen LogP contribution < -0.4 is 0 Å². The monoisotopic (exact) mass is 346 g/mol. The highest BCUT2D eigenvalue weighted by Crippen LogP contribution is 2.28. The van der Waals surface area contributed by atoms with Gasteiger partial charge in [-0.2, -0.15) is 0 Å². The highest BCUT2D eigenvalue weighted by atomic mass is 79.9. The molecule has 19 heavy (non-hydrogen) atoms. The molecule has 1 atom stereocenters. The van der Waals surface area contributed by atoms with Crippen LogP contribution in [-0.2, 0) is 6.42 Å². The van der Waals surface area contributed by atoms with E-state index in [4.69, 9.17) is 11.6 Å². The zero-order chi connectivity index (χ0) is 14.0. The molecular weight excluding hydrogens is 338 g/mol. The summed E-state index contributed by atoms with van der Waals surface area (Å²) >= 11 is 8.95. The molecule has 2 aromatic rings. The van der Waals surface area contributed by atoms with Crippen molar-refractivity contribution in [3.05, 3.63) is 68.7 Å². The summed E-state index contributed by atoms with van der Waals surface area (Å²) in [5.41, 5.74) is 0.293. The lowest BCUT2D eigenvalue weighted by atomic mass is 10.0. The van der Waals surface area contributed by atoms with Gasteiger partial charge in [0.25, 0.3) is 0 Å². The third-order valence-corrected chi connectivity index (χ3v) is 3.57. The van der Waals surface area contributed by atoms with E-state index in [2.05, 4.69) is 15.9 Å². The van der Waals surface area contributed by atoms with Crippen LogP contribution in [-0.4, -0.2) is 5.11 Å². The van der Waals surface area contributed by atoms with Crippen LogP contribution in [0.1, 0.15) is 17.2 Å². The topological polar surface area (TPSA) is 20.2 Å². The van der Waals surface area contributed by atoms with Crippen molar-refractivity contribution in [2.75, 3.05) is 0 Å². The van der Waals surface area contributed by atoms with E-state index in [0.717, 1.165) is 12.1 Å². The molecule has 0 aliphatic carbocycles. The summed E-state index contributed by atoms with van der Waals surface area (Å²) in [5.74, 6) is -1.57. The highest BCUT2D eigenvalue weighted by molar-refractivity contribution is 9.10. The summed E-state index contributed by atoms with van der Waals surface area (Å²) in [5, 5.41) is 10.5. The number of benzene rings is 2. The van der Waals surface area contributed by atoms with E-state index >= 15 is 0 Å². The fourth-order valence-corrected chi connectivity index (χ4v) is 2.46. The zero-order valence-electron chi connectivity index (χ0n) is 9.71. The molecular formula is C14H10BrClF2O. The second-order valence-corrected chi connectivity index (χ2v) is 5.42. The van der Waals surface area contributed by atoms with E-state index in [1.54, 1.807) is 24.3 Å². The minimum atomic E-state index is -1.28. The van der Waals surface area contributed by atoms with Gasteiger partial charge in [0.1, 0.15) is 11.6 Å². The van der Waals surface area contributed by atoms with Crippen molar-refractivity contribution in [1.82, 2.24) is 0 Å². The Morgan fingerprint density at radius 2 is 1.74 bits per heavy atom. The maximum atomic E-state index is 13.7. The number of aliphatic hydroxyl groups is 1.